The van der Waals surface area contributed by atoms with Gasteiger partial charge in [0, 0.05) is 18.3 Å². The zero-order valence-electron chi connectivity index (χ0n) is 13.1. The van der Waals surface area contributed by atoms with Crippen molar-refractivity contribution < 1.29 is 19.5 Å². The third-order valence-electron chi connectivity index (χ3n) is 3.77. The van der Waals surface area contributed by atoms with Crippen LogP contribution in [0.2, 0.25) is 0 Å². The molecule has 23 heavy (non-hydrogen) atoms. The molecule has 1 saturated heterocycles. The van der Waals surface area contributed by atoms with E-state index in [1.54, 1.807) is 4.90 Å². The van der Waals surface area contributed by atoms with Crippen molar-refractivity contribution >= 4 is 29.1 Å². The number of aromatic nitrogens is 1. The maximum Gasteiger partial charge on any atom is 0.355 e. The molecule has 0 saturated carbocycles. The highest BCUT2D eigenvalue weighted by Gasteiger charge is 2.31. The summed E-state index contributed by atoms with van der Waals surface area (Å²) in [5, 5.41) is 13.6. The Balaban J connectivity index is 1.94. The molecule has 0 aromatic carbocycles. The highest BCUT2D eigenvalue weighted by Crippen LogP contribution is 2.19. The lowest BCUT2D eigenvalue weighted by atomic mass is 10.0. The van der Waals surface area contributed by atoms with Gasteiger partial charge in [-0.3, -0.25) is 9.59 Å². The molecule has 2 amide bonds. The molecule has 0 bridgehead atoms. The fraction of sp³-hybridized carbons (Fsp3) is 0.600. The van der Waals surface area contributed by atoms with Gasteiger partial charge in [0.2, 0.25) is 11.8 Å². The molecule has 1 aliphatic heterocycles. The van der Waals surface area contributed by atoms with E-state index in [0.717, 1.165) is 19.3 Å². The first-order chi connectivity index (χ1) is 11.0. The summed E-state index contributed by atoms with van der Waals surface area (Å²) in [4.78, 5) is 40.9. The van der Waals surface area contributed by atoms with Gasteiger partial charge >= 0.3 is 5.97 Å². The summed E-state index contributed by atoms with van der Waals surface area (Å²) in [5.41, 5.74) is -0.0170. The molecular weight excluding hydrogens is 318 g/mol. The lowest BCUT2D eigenvalue weighted by molar-refractivity contribution is -0.142. The highest BCUT2D eigenvalue weighted by molar-refractivity contribution is 7.09. The number of hydrogen-bond donors (Lipinski definition) is 2. The normalized spacial score (nSPS) is 17.8. The molecule has 1 unspecified atom stereocenters. The number of nitrogens with one attached hydrogen (secondary N) is 1. The molecule has 1 aromatic rings. The maximum atomic E-state index is 12.4. The molecule has 1 atom stereocenters. The molecule has 7 nitrogen and oxygen atoms in total. The lowest BCUT2D eigenvalue weighted by Crippen LogP contribution is -2.51. The van der Waals surface area contributed by atoms with Crippen LogP contribution in [-0.2, 0) is 16.1 Å². The number of likely N-dealkylation sites (tertiary alicyclic amines) is 1. The van der Waals surface area contributed by atoms with Gasteiger partial charge in [-0.2, -0.15) is 0 Å². The Labute approximate surface area is 138 Å². The number of carboxylic acids is 1. The monoisotopic (exact) mass is 339 g/mol. The number of carboxylic acid groups (broad SMARTS) is 1. The van der Waals surface area contributed by atoms with Gasteiger partial charge in [-0.05, 0) is 25.7 Å². The van der Waals surface area contributed by atoms with E-state index in [2.05, 4.69) is 10.3 Å². The third kappa shape index (κ3) is 4.51. The number of thiazole rings is 1. The molecule has 1 aliphatic rings. The minimum atomic E-state index is -1.08. The Bertz CT molecular complexity index is 587. The van der Waals surface area contributed by atoms with Crippen molar-refractivity contribution in [3.8, 4) is 0 Å². The summed E-state index contributed by atoms with van der Waals surface area (Å²) >= 11 is 1.19. The average molecular weight is 339 g/mol. The average Bonchev–Trinajstić information content (AvgIpc) is 3.02. The number of amides is 2. The van der Waals surface area contributed by atoms with Crippen molar-refractivity contribution in [2.45, 2.75) is 51.6 Å². The molecule has 2 N–H and O–H groups in total. The van der Waals surface area contributed by atoms with Crippen molar-refractivity contribution in [1.29, 1.82) is 0 Å². The predicted molar refractivity (Wildman–Crippen MR) is 85.2 cm³/mol. The van der Waals surface area contributed by atoms with Crippen LogP contribution < -0.4 is 5.32 Å². The van der Waals surface area contributed by atoms with E-state index in [4.69, 9.17) is 5.11 Å². The van der Waals surface area contributed by atoms with Gasteiger partial charge < -0.3 is 15.3 Å². The summed E-state index contributed by atoms with van der Waals surface area (Å²) in [6.45, 7) is 2.75. The zero-order valence-corrected chi connectivity index (χ0v) is 13.9. The van der Waals surface area contributed by atoms with E-state index in [1.807, 2.05) is 6.92 Å². The van der Waals surface area contributed by atoms with E-state index in [9.17, 15) is 14.4 Å². The molecule has 0 aliphatic carbocycles. The van der Waals surface area contributed by atoms with Crippen LogP contribution in [0.5, 0.6) is 0 Å². The first-order valence-electron chi connectivity index (χ1n) is 7.77. The van der Waals surface area contributed by atoms with Crippen molar-refractivity contribution in [3.63, 3.8) is 0 Å². The van der Waals surface area contributed by atoms with Crippen LogP contribution >= 0.6 is 11.3 Å². The van der Waals surface area contributed by atoms with E-state index >= 15 is 0 Å². The van der Waals surface area contributed by atoms with Crippen molar-refractivity contribution in [2.24, 2.45) is 0 Å². The Kier molecular flexibility index (Phi) is 6.09. The van der Waals surface area contributed by atoms with Crippen molar-refractivity contribution in [1.82, 2.24) is 15.2 Å². The van der Waals surface area contributed by atoms with Gasteiger partial charge in [0.1, 0.15) is 11.0 Å². The van der Waals surface area contributed by atoms with Crippen LogP contribution in [0.25, 0.3) is 0 Å². The second-order valence-corrected chi connectivity index (χ2v) is 6.44. The largest absolute Gasteiger partial charge is 0.476 e. The third-order valence-corrected chi connectivity index (χ3v) is 4.62. The number of nitrogens with zero attached hydrogens (tertiary/aromatic N) is 2. The van der Waals surface area contributed by atoms with Gasteiger partial charge in [-0.15, -0.1) is 11.3 Å². The standard InChI is InChI=1S/C15H21N3O4S/c1-2-5-13(19)18-7-4-3-6-11(18)14(20)16-8-12-17-10(9-23-12)15(21)22/h9,11H,2-8H2,1H3,(H,16,20)(H,21,22). The van der Waals surface area contributed by atoms with Crippen LogP contribution in [0.3, 0.4) is 0 Å². The Morgan fingerprint density at radius 3 is 2.87 bits per heavy atom. The summed E-state index contributed by atoms with van der Waals surface area (Å²) in [7, 11) is 0. The zero-order chi connectivity index (χ0) is 16.8. The van der Waals surface area contributed by atoms with Gasteiger partial charge in [-0.1, -0.05) is 6.92 Å². The molecule has 2 rings (SSSR count). The Hall–Kier alpha value is -1.96. The van der Waals surface area contributed by atoms with Gasteiger partial charge in [0.05, 0.1) is 6.54 Å². The van der Waals surface area contributed by atoms with Gasteiger partial charge in [-0.25, -0.2) is 9.78 Å². The van der Waals surface area contributed by atoms with E-state index in [0.29, 0.717) is 24.4 Å². The number of piperidine rings is 1. The smallest absolute Gasteiger partial charge is 0.355 e. The Morgan fingerprint density at radius 2 is 2.22 bits per heavy atom. The van der Waals surface area contributed by atoms with Crippen molar-refractivity contribution in [2.75, 3.05) is 6.54 Å². The van der Waals surface area contributed by atoms with Gasteiger partial charge in [0.25, 0.3) is 0 Å². The highest BCUT2D eigenvalue weighted by atomic mass is 32.1. The fourth-order valence-corrected chi connectivity index (χ4v) is 3.34. The second-order valence-electron chi connectivity index (χ2n) is 5.50. The van der Waals surface area contributed by atoms with Crippen LogP contribution in [0, 0.1) is 0 Å². The summed E-state index contributed by atoms with van der Waals surface area (Å²) in [6.07, 6.45) is 3.74. The van der Waals surface area contributed by atoms with E-state index in [-0.39, 0.29) is 24.1 Å². The quantitative estimate of drug-likeness (QED) is 0.821. The molecule has 1 aromatic heterocycles. The maximum absolute atomic E-state index is 12.4. The topological polar surface area (TPSA) is 99.6 Å². The first kappa shape index (κ1) is 17.4. The molecule has 8 heteroatoms. The first-order valence-corrected chi connectivity index (χ1v) is 8.65. The predicted octanol–water partition coefficient (Wildman–Crippen LogP) is 1.64. The van der Waals surface area contributed by atoms with Gasteiger partial charge in [0.15, 0.2) is 5.69 Å². The fourth-order valence-electron chi connectivity index (χ4n) is 2.63. The summed E-state index contributed by atoms with van der Waals surface area (Å²) in [6, 6.07) is -0.429. The number of carbonyl (C=O) groups excluding carboxylic acids is 2. The number of aromatic carboxylic acids is 1. The Morgan fingerprint density at radius 1 is 1.43 bits per heavy atom. The molecule has 1 fully saturated rings. The van der Waals surface area contributed by atoms with Crippen LogP contribution in [0.4, 0.5) is 0 Å². The minimum Gasteiger partial charge on any atom is -0.476 e. The minimum absolute atomic E-state index is 0.0170. The molecular formula is C15H21N3O4S. The van der Waals surface area contributed by atoms with Crippen LogP contribution in [0.15, 0.2) is 5.38 Å². The van der Waals surface area contributed by atoms with Crippen LogP contribution in [-0.4, -0.2) is 45.4 Å². The second kappa shape index (κ2) is 8.05. The number of carbonyl (C=O) groups is 3. The van der Waals surface area contributed by atoms with Crippen molar-refractivity contribution in [3.05, 3.63) is 16.1 Å². The van der Waals surface area contributed by atoms with E-state index in [1.165, 1.54) is 16.7 Å². The SMILES string of the molecule is CCCC(=O)N1CCCCC1C(=O)NCc1nc(C(=O)O)cs1. The number of hydrogen-bond acceptors (Lipinski definition) is 5. The molecule has 0 spiro atoms. The van der Waals surface area contributed by atoms with E-state index < -0.39 is 12.0 Å². The molecule has 0 radical (unpaired) electrons. The number of rotatable bonds is 6. The summed E-state index contributed by atoms with van der Waals surface area (Å²) < 4.78 is 0. The van der Waals surface area contributed by atoms with Crippen LogP contribution in [0.1, 0.15) is 54.5 Å². The lowest BCUT2D eigenvalue weighted by Gasteiger charge is -2.34. The summed E-state index contributed by atoms with van der Waals surface area (Å²) in [5.74, 6) is -1.25. The molecule has 2 heterocycles. The molecule has 126 valence electrons.